The molecule has 1 aromatic carbocycles. The summed E-state index contributed by atoms with van der Waals surface area (Å²) >= 11 is 0. The molecule has 3 atom stereocenters. The summed E-state index contributed by atoms with van der Waals surface area (Å²) in [4.78, 5) is 0. The molecular formula is C15H19NO3. The Hall–Kier alpha value is -1.36. The molecule has 1 heterocycles. The molecule has 1 aliphatic carbocycles. The normalized spacial score (nSPS) is 32.3. The number of fused-ring (bicyclic) bond motifs is 3. The van der Waals surface area contributed by atoms with E-state index in [-0.39, 0.29) is 19.3 Å². The van der Waals surface area contributed by atoms with Gasteiger partial charge in [-0.25, -0.2) is 0 Å². The number of aliphatic hydroxyl groups is 3. The number of anilines is 1. The van der Waals surface area contributed by atoms with Gasteiger partial charge < -0.3 is 20.6 Å². The van der Waals surface area contributed by atoms with Crippen molar-refractivity contribution in [2.24, 2.45) is 0 Å². The molecule has 0 amide bonds. The van der Waals surface area contributed by atoms with Crippen LogP contribution >= 0.6 is 0 Å². The van der Waals surface area contributed by atoms with Gasteiger partial charge in [-0.1, -0.05) is 24.3 Å². The number of benzene rings is 1. The van der Waals surface area contributed by atoms with Crippen molar-refractivity contribution in [1.29, 1.82) is 0 Å². The molecule has 1 aliphatic heterocycles. The lowest BCUT2D eigenvalue weighted by Crippen LogP contribution is -2.51. The summed E-state index contributed by atoms with van der Waals surface area (Å²) in [6.45, 7) is -0.0180. The maximum absolute atomic E-state index is 10.3. The molecule has 0 unspecified atom stereocenters. The highest BCUT2D eigenvalue weighted by Crippen LogP contribution is 2.51. The fourth-order valence-electron chi connectivity index (χ4n) is 3.67. The van der Waals surface area contributed by atoms with Crippen LogP contribution in [-0.2, 0) is 5.41 Å². The summed E-state index contributed by atoms with van der Waals surface area (Å²) < 4.78 is 0. The first-order valence-electron chi connectivity index (χ1n) is 6.69. The average Bonchev–Trinajstić information content (AvgIpc) is 2.76. The van der Waals surface area contributed by atoms with Gasteiger partial charge in [0.1, 0.15) is 0 Å². The minimum atomic E-state index is -0.505. The van der Waals surface area contributed by atoms with Gasteiger partial charge in [-0.15, -0.1) is 0 Å². The van der Waals surface area contributed by atoms with E-state index in [1.54, 1.807) is 0 Å². The molecule has 1 aromatic rings. The summed E-state index contributed by atoms with van der Waals surface area (Å²) in [6.07, 6.45) is 2.45. The summed E-state index contributed by atoms with van der Waals surface area (Å²) in [5.41, 5.74) is 2.46. The maximum atomic E-state index is 10.3. The van der Waals surface area contributed by atoms with Gasteiger partial charge in [0.25, 0.3) is 0 Å². The van der Waals surface area contributed by atoms with Crippen molar-refractivity contribution in [3.8, 4) is 0 Å². The molecule has 2 aliphatic rings. The summed E-state index contributed by atoms with van der Waals surface area (Å²) in [6, 6.07) is 7.72. The zero-order valence-corrected chi connectivity index (χ0v) is 10.7. The molecule has 0 saturated heterocycles. The van der Waals surface area contributed by atoms with E-state index in [2.05, 4.69) is 5.32 Å². The van der Waals surface area contributed by atoms with Crippen LogP contribution in [0.4, 0.5) is 5.69 Å². The molecule has 19 heavy (non-hydrogen) atoms. The molecule has 0 spiro atoms. The van der Waals surface area contributed by atoms with E-state index in [0.717, 1.165) is 16.8 Å². The fraction of sp³-hybridized carbons (Fsp3) is 0.467. The van der Waals surface area contributed by atoms with Crippen LogP contribution in [0.15, 0.2) is 35.9 Å². The third-order valence-electron chi connectivity index (χ3n) is 4.49. The Morgan fingerprint density at radius 1 is 1.26 bits per heavy atom. The lowest BCUT2D eigenvalue weighted by molar-refractivity contribution is 0.103. The molecule has 0 saturated carbocycles. The third-order valence-corrected chi connectivity index (χ3v) is 4.49. The van der Waals surface area contributed by atoms with Crippen LogP contribution in [0.1, 0.15) is 18.4 Å². The van der Waals surface area contributed by atoms with E-state index < -0.39 is 11.5 Å². The average molecular weight is 261 g/mol. The largest absolute Gasteiger partial charge is 0.396 e. The smallest absolute Gasteiger partial charge is 0.0787 e. The van der Waals surface area contributed by atoms with E-state index in [0.29, 0.717) is 12.8 Å². The summed E-state index contributed by atoms with van der Waals surface area (Å²) in [7, 11) is 0. The van der Waals surface area contributed by atoms with Gasteiger partial charge in [0.05, 0.1) is 18.8 Å². The Kier molecular flexibility index (Phi) is 3.09. The summed E-state index contributed by atoms with van der Waals surface area (Å²) in [5, 5.41) is 32.8. The van der Waals surface area contributed by atoms with Crippen LogP contribution in [0.3, 0.4) is 0 Å². The van der Waals surface area contributed by atoms with Gasteiger partial charge in [0.15, 0.2) is 0 Å². The van der Waals surface area contributed by atoms with E-state index >= 15 is 0 Å². The van der Waals surface area contributed by atoms with Crippen molar-refractivity contribution in [3.63, 3.8) is 0 Å². The van der Waals surface area contributed by atoms with Crippen LogP contribution in [0.25, 0.3) is 0 Å². The third kappa shape index (κ3) is 1.64. The number of rotatable bonds is 3. The van der Waals surface area contributed by atoms with Crippen molar-refractivity contribution in [1.82, 2.24) is 0 Å². The number of hydrogen-bond donors (Lipinski definition) is 4. The van der Waals surface area contributed by atoms with Crippen LogP contribution in [0.5, 0.6) is 0 Å². The lowest BCUT2D eigenvalue weighted by atomic mass is 9.64. The highest BCUT2D eigenvalue weighted by Gasteiger charge is 2.52. The molecule has 0 radical (unpaired) electrons. The van der Waals surface area contributed by atoms with Crippen LogP contribution in [0, 0.1) is 0 Å². The van der Waals surface area contributed by atoms with Gasteiger partial charge in [-0.2, -0.15) is 0 Å². The first-order chi connectivity index (χ1) is 9.24. The fourth-order valence-corrected chi connectivity index (χ4v) is 3.67. The highest BCUT2D eigenvalue weighted by molar-refractivity contribution is 5.66. The molecule has 4 nitrogen and oxygen atoms in total. The Balaban J connectivity index is 2.20. The predicted octanol–water partition coefficient (Wildman–Crippen LogP) is 0.784. The van der Waals surface area contributed by atoms with Crippen LogP contribution in [-0.4, -0.2) is 40.7 Å². The number of hydrogen-bond acceptors (Lipinski definition) is 4. The first kappa shape index (κ1) is 12.7. The van der Waals surface area contributed by atoms with Crippen molar-refractivity contribution >= 4 is 5.69 Å². The van der Waals surface area contributed by atoms with E-state index in [4.69, 9.17) is 0 Å². The van der Waals surface area contributed by atoms with Crippen molar-refractivity contribution in [2.45, 2.75) is 30.4 Å². The highest BCUT2D eigenvalue weighted by atomic mass is 16.3. The molecule has 4 N–H and O–H groups in total. The van der Waals surface area contributed by atoms with Gasteiger partial charge in [0.2, 0.25) is 0 Å². The number of para-hydroxylation sites is 1. The second-order valence-electron chi connectivity index (χ2n) is 5.30. The second kappa shape index (κ2) is 4.63. The molecule has 102 valence electrons. The van der Waals surface area contributed by atoms with Crippen molar-refractivity contribution in [3.05, 3.63) is 41.5 Å². The first-order valence-corrected chi connectivity index (χ1v) is 6.69. The van der Waals surface area contributed by atoms with E-state index in [9.17, 15) is 15.3 Å². The Morgan fingerprint density at radius 3 is 2.79 bits per heavy atom. The van der Waals surface area contributed by atoms with Crippen LogP contribution in [0.2, 0.25) is 0 Å². The molecule has 3 rings (SSSR count). The maximum Gasteiger partial charge on any atom is 0.0787 e. The second-order valence-corrected chi connectivity index (χ2v) is 5.30. The minimum Gasteiger partial charge on any atom is -0.396 e. The van der Waals surface area contributed by atoms with Gasteiger partial charge in [0, 0.05) is 17.7 Å². The lowest BCUT2D eigenvalue weighted by Gasteiger charge is -2.42. The molecule has 0 aromatic heterocycles. The number of aliphatic hydroxyl groups excluding tert-OH is 3. The SMILES string of the molecule is OCC[C@]12C(CO)=CC[C@@H](O)[C@H]1Nc1ccccc12. The standard InChI is InChI=1S/C15H19NO3/c17-8-7-15-10(9-18)5-6-13(19)14(15)16-12-4-2-1-3-11(12)15/h1-5,13-14,16-19H,6-9H2/t13-,14-,15-/m1/s1. The Labute approximate surface area is 112 Å². The monoisotopic (exact) mass is 261 g/mol. The van der Waals surface area contributed by atoms with Gasteiger partial charge >= 0.3 is 0 Å². The van der Waals surface area contributed by atoms with Crippen molar-refractivity contribution in [2.75, 3.05) is 18.5 Å². The number of nitrogens with one attached hydrogen (secondary N) is 1. The quantitative estimate of drug-likeness (QED) is 0.607. The van der Waals surface area contributed by atoms with Gasteiger partial charge in [-0.3, -0.25) is 0 Å². The predicted molar refractivity (Wildman–Crippen MR) is 73.0 cm³/mol. The van der Waals surface area contributed by atoms with E-state index in [1.165, 1.54) is 0 Å². The molecular weight excluding hydrogens is 242 g/mol. The topological polar surface area (TPSA) is 72.7 Å². The Morgan fingerprint density at radius 2 is 2.05 bits per heavy atom. The van der Waals surface area contributed by atoms with Crippen molar-refractivity contribution < 1.29 is 15.3 Å². The van der Waals surface area contributed by atoms with Gasteiger partial charge in [-0.05, 0) is 30.0 Å². The zero-order chi connectivity index (χ0) is 13.5. The molecule has 0 bridgehead atoms. The van der Waals surface area contributed by atoms with E-state index in [1.807, 2.05) is 30.3 Å². The van der Waals surface area contributed by atoms with Crippen LogP contribution < -0.4 is 5.32 Å². The Bertz CT molecular complexity index is 514. The molecule has 0 fully saturated rings. The minimum absolute atomic E-state index is 0.0244. The summed E-state index contributed by atoms with van der Waals surface area (Å²) in [5.74, 6) is 0. The molecule has 4 heteroatoms. The zero-order valence-electron chi connectivity index (χ0n) is 10.7.